The van der Waals surface area contributed by atoms with Crippen LogP contribution in [0, 0.1) is 13.8 Å². The third-order valence-electron chi connectivity index (χ3n) is 4.65. The topological polar surface area (TPSA) is 32.3 Å². The van der Waals surface area contributed by atoms with Gasteiger partial charge in [-0.05, 0) is 50.2 Å². The van der Waals surface area contributed by atoms with Crippen molar-refractivity contribution in [2.24, 2.45) is 0 Å². The second-order valence-corrected chi connectivity index (χ2v) is 7.67. The molecule has 0 bridgehead atoms. The summed E-state index contributed by atoms with van der Waals surface area (Å²) in [4.78, 5) is 14.2. The van der Waals surface area contributed by atoms with Gasteiger partial charge in [0.25, 0.3) is 0 Å². The smallest absolute Gasteiger partial charge is 0.128 e. The summed E-state index contributed by atoms with van der Waals surface area (Å²) < 4.78 is 1.26. The summed E-state index contributed by atoms with van der Waals surface area (Å²) in [6.07, 6.45) is 1.97. The Morgan fingerprint density at radius 1 is 1.04 bits per heavy atom. The van der Waals surface area contributed by atoms with Crippen molar-refractivity contribution in [2.75, 3.05) is 38.1 Å². The first kappa shape index (κ1) is 15.5. The fourth-order valence-corrected chi connectivity index (χ4v) is 4.36. The largest absolute Gasteiger partial charge is 0.354 e. The van der Waals surface area contributed by atoms with Gasteiger partial charge in [0.05, 0.1) is 10.2 Å². The van der Waals surface area contributed by atoms with Crippen LogP contribution in [0.25, 0.3) is 20.8 Å². The Hall–Kier alpha value is -1.98. The van der Waals surface area contributed by atoms with Crippen molar-refractivity contribution in [1.82, 2.24) is 14.9 Å². The number of aryl methyl sites for hydroxylation is 2. The molecule has 3 heterocycles. The number of pyridine rings is 1. The van der Waals surface area contributed by atoms with Crippen LogP contribution in [0.5, 0.6) is 0 Å². The van der Waals surface area contributed by atoms with Crippen molar-refractivity contribution in [3.05, 3.63) is 41.6 Å². The molecule has 1 aliphatic heterocycles. The molecule has 2 aromatic heterocycles. The minimum atomic E-state index is 1.04. The van der Waals surface area contributed by atoms with E-state index in [-0.39, 0.29) is 0 Å². The van der Waals surface area contributed by atoms with Gasteiger partial charge in [0.1, 0.15) is 10.8 Å². The van der Waals surface area contributed by atoms with E-state index in [1.807, 2.05) is 6.20 Å². The van der Waals surface area contributed by atoms with E-state index in [4.69, 9.17) is 4.98 Å². The lowest BCUT2D eigenvalue weighted by molar-refractivity contribution is 0.312. The molecule has 0 amide bonds. The van der Waals surface area contributed by atoms with Crippen LogP contribution in [0.3, 0.4) is 0 Å². The zero-order valence-electron chi connectivity index (χ0n) is 14.4. The van der Waals surface area contributed by atoms with Gasteiger partial charge in [0, 0.05) is 37.9 Å². The molecule has 3 aromatic rings. The molecular weight excluding hydrogens is 316 g/mol. The second-order valence-electron chi connectivity index (χ2n) is 6.64. The van der Waals surface area contributed by atoms with Crippen molar-refractivity contribution in [3.63, 3.8) is 0 Å². The number of benzene rings is 1. The molecule has 5 heteroatoms. The number of anilines is 1. The average molecular weight is 338 g/mol. The van der Waals surface area contributed by atoms with E-state index in [0.29, 0.717) is 0 Å². The summed E-state index contributed by atoms with van der Waals surface area (Å²) in [5.74, 6) is 1.07. The number of piperazine rings is 1. The molecule has 0 atom stereocenters. The van der Waals surface area contributed by atoms with Crippen LogP contribution >= 0.6 is 11.3 Å². The number of likely N-dealkylation sites (N-methyl/N-ethyl adjacent to an activating group) is 1. The molecule has 1 fully saturated rings. The summed E-state index contributed by atoms with van der Waals surface area (Å²) in [7, 11) is 2.17. The Morgan fingerprint density at radius 2 is 1.83 bits per heavy atom. The van der Waals surface area contributed by atoms with Crippen LogP contribution in [0.1, 0.15) is 11.1 Å². The van der Waals surface area contributed by atoms with E-state index >= 15 is 0 Å². The van der Waals surface area contributed by atoms with Crippen molar-refractivity contribution >= 4 is 27.4 Å². The quantitative estimate of drug-likeness (QED) is 0.713. The van der Waals surface area contributed by atoms with Crippen LogP contribution in [0.4, 0.5) is 5.82 Å². The van der Waals surface area contributed by atoms with E-state index in [1.165, 1.54) is 15.8 Å². The molecular formula is C19H22N4S. The van der Waals surface area contributed by atoms with Crippen LogP contribution in [-0.2, 0) is 0 Å². The molecule has 0 radical (unpaired) electrons. The number of aromatic nitrogens is 2. The summed E-state index contributed by atoms with van der Waals surface area (Å²) >= 11 is 1.75. The molecule has 0 spiro atoms. The number of hydrogen-bond acceptors (Lipinski definition) is 5. The molecule has 4 rings (SSSR count). The predicted molar refractivity (Wildman–Crippen MR) is 102 cm³/mol. The minimum Gasteiger partial charge on any atom is -0.354 e. The van der Waals surface area contributed by atoms with Gasteiger partial charge in [-0.15, -0.1) is 11.3 Å². The Labute approximate surface area is 146 Å². The molecule has 0 aliphatic carbocycles. The zero-order chi connectivity index (χ0) is 16.7. The van der Waals surface area contributed by atoms with E-state index in [9.17, 15) is 0 Å². The van der Waals surface area contributed by atoms with E-state index in [0.717, 1.165) is 48.1 Å². The molecule has 1 aliphatic rings. The first-order valence-corrected chi connectivity index (χ1v) is 9.19. The monoisotopic (exact) mass is 338 g/mol. The fraction of sp³-hybridized carbons (Fsp3) is 0.368. The van der Waals surface area contributed by atoms with Gasteiger partial charge in [0.15, 0.2) is 0 Å². The van der Waals surface area contributed by atoms with Gasteiger partial charge in [-0.2, -0.15) is 0 Å². The maximum atomic E-state index is 4.83. The Bertz CT molecular complexity index is 861. The number of thiazole rings is 1. The maximum Gasteiger partial charge on any atom is 0.128 e. The third-order valence-corrected chi connectivity index (χ3v) is 5.70. The van der Waals surface area contributed by atoms with Crippen LogP contribution in [0.15, 0.2) is 30.5 Å². The number of rotatable bonds is 2. The van der Waals surface area contributed by atoms with Gasteiger partial charge in [0.2, 0.25) is 0 Å². The molecule has 0 unspecified atom stereocenters. The lowest BCUT2D eigenvalue weighted by Crippen LogP contribution is -2.44. The second kappa shape index (κ2) is 6.15. The SMILES string of the molecule is Cc1cc(C)c2nc(-c3ccc(N4CCN(C)CC4)nc3)sc2c1. The maximum absolute atomic E-state index is 4.83. The van der Waals surface area contributed by atoms with E-state index < -0.39 is 0 Å². The van der Waals surface area contributed by atoms with Gasteiger partial charge < -0.3 is 9.80 Å². The zero-order valence-corrected chi connectivity index (χ0v) is 15.2. The highest BCUT2D eigenvalue weighted by Gasteiger charge is 2.16. The van der Waals surface area contributed by atoms with Gasteiger partial charge in [-0.3, -0.25) is 0 Å². The summed E-state index contributed by atoms with van der Waals surface area (Å²) in [6.45, 7) is 8.55. The Kier molecular flexibility index (Phi) is 3.98. The molecule has 1 aromatic carbocycles. The number of fused-ring (bicyclic) bond motifs is 1. The predicted octanol–water partition coefficient (Wildman–Crippen LogP) is 3.73. The highest BCUT2D eigenvalue weighted by atomic mass is 32.1. The third kappa shape index (κ3) is 2.89. The summed E-state index contributed by atoms with van der Waals surface area (Å²) in [5, 5.41) is 1.05. The highest BCUT2D eigenvalue weighted by Crippen LogP contribution is 2.32. The van der Waals surface area contributed by atoms with Crippen LogP contribution in [0.2, 0.25) is 0 Å². The van der Waals surface area contributed by atoms with Crippen molar-refractivity contribution in [3.8, 4) is 10.6 Å². The molecule has 1 saturated heterocycles. The molecule has 4 nitrogen and oxygen atoms in total. The minimum absolute atomic E-state index is 1.04. The molecule has 124 valence electrons. The number of nitrogens with zero attached hydrogens (tertiary/aromatic N) is 4. The van der Waals surface area contributed by atoms with Gasteiger partial charge >= 0.3 is 0 Å². The van der Waals surface area contributed by atoms with E-state index in [1.54, 1.807) is 11.3 Å². The molecule has 0 N–H and O–H groups in total. The highest BCUT2D eigenvalue weighted by molar-refractivity contribution is 7.21. The van der Waals surface area contributed by atoms with Crippen molar-refractivity contribution < 1.29 is 0 Å². The Balaban J connectivity index is 1.62. The molecule has 0 saturated carbocycles. The normalized spacial score (nSPS) is 16.0. The first-order valence-electron chi connectivity index (χ1n) is 8.38. The first-order chi connectivity index (χ1) is 11.6. The van der Waals surface area contributed by atoms with Crippen LogP contribution < -0.4 is 4.90 Å². The summed E-state index contributed by atoms with van der Waals surface area (Å²) in [6, 6.07) is 8.70. The lowest BCUT2D eigenvalue weighted by Gasteiger charge is -2.33. The molecule has 24 heavy (non-hydrogen) atoms. The summed E-state index contributed by atoms with van der Waals surface area (Å²) in [5.41, 5.74) is 4.75. The number of hydrogen-bond donors (Lipinski definition) is 0. The van der Waals surface area contributed by atoms with Gasteiger partial charge in [-0.1, -0.05) is 6.07 Å². The van der Waals surface area contributed by atoms with Gasteiger partial charge in [-0.25, -0.2) is 9.97 Å². The standard InChI is InChI=1S/C19H22N4S/c1-13-10-14(2)18-16(11-13)24-19(21-18)15-4-5-17(20-12-15)23-8-6-22(3)7-9-23/h4-5,10-12H,6-9H2,1-3H3. The Morgan fingerprint density at radius 3 is 2.54 bits per heavy atom. The average Bonchev–Trinajstić information content (AvgIpc) is 3.00. The lowest BCUT2D eigenvalue weighted by atomic mass is 10.1. The van der Waals surface area contributed by atoms with Crippen molar-refractivity contribution in [2.45, 2.75) is 13.8 Å². The fourth-order valence-electron chi connectivity index (χ4n) is 3.23. The van der Waals surface area contributed by atoms with Crippen LogP contribution in [-0.4, -0.2) is 48.1 Å². The van der Waals surface area contributed by atoms with Crippen molar-refractivity contribution in [1.29, 1.82) is 0 Å². The van der Waals surface area contributed by atoms with E-state index in [2.05, 4.69) is 59.9 Å².